The predicted molar refractivity (Wildman–Crippen MR) is 73.8 cm³/mol. The molecule has 0 radical (unpaired) electrons. The number of nitrogens with zero attached hydrogens (tertiary/aromatic N) is 1. The van der Waals surface area contributed by atoms with Gasteiger partial charge in [0.25, 0.3) is 5.91 Å². The van der Waals surface area contributed by atoms with Gasteiger partial charge >= 0.3 is 0 Å². The Hall–Kier alpha value is -1.43. The summed E-state index contributed by atoms with van der Waals surface area (Å²) in [4.78, 5) is 25.9. The van der Waals surface area contributed by atoms with Gasteiger partial charge in [-0.1, -0.05) is 13.8 Å². The van der Waals surface area contributed by atoms with Gasteiger partial charge in [0.15, 0.2) is 5.76 Å². The van der Waals surface area contributed by atoms with E-state index in [1.807, 2.05) is 13.8 Å². The molecule has 0 saturated carbocycles. The summed E-state index contributed by atoms with van der Waals surface area (Å²) in [5, 5.41) is 2.88. The molecule has 2 amide bonds. The topological polar surface area (TPSA) is 62.6 Å². The smallest absolute Gasteiger partial charge is 0.290 e. The van der Waals surface area contributed by atoms with Crippen molar-refractivity contribution < 1.29 is 14.0 Å². The molecule has 6 heteroatoms. The SMILES string of the molecule is CC(C)CNC(=O)C1CSCN1C(=O)c1ccco1. The van der Waals surface area contributed by atoms with Gasteiger partial charge in [-0.25, -0.2) is 0 Å². The van der Waals surface area contributed by atoms with Crippen LogP contribution in [0.1, 0.15) is 24.4 Å². The second-order valence-electron chi connectivity index (χ2n) is 4.91. The highest BCUT2D eigenvalue weighted by Gasteiger charge is 2.35. The highest BCUT2D eigenvalue weighted by molar-refractivity contribution is 7.99. The summed E-state index contributed by atoms with van der Waals surface area (Å²) in [6, 6.07) is 2.89. The molecule has 2 heterocycles. The Balaban J connectivity index is 2.00. The first-order chi connectivity index (χ1) is 9.09. The number of hydrogen-bond acceptors (Lipinski definition) is 4. The van der Waals surface area contributed by atoms with Crippen LogP contribution in [0.3, 0.4) is 0 Å². The molecular weight excluding hydrogens is 264 g/mol. The van der Waals surface area contributed by atoms with Crippen LogP contribution in [-0.4, -0.2) is 40.9 Å². The van der Waals surface area contributed by atoms with Gasteiger partial charge in [0.1, 0.15) is 6.04 Å². The predicted octanol–water partition coefficient (Wildman–Crippen LogP) is 1.57. The summed E-state index contributed by atoms with van der Waals surface area (Å²) >= 11 is 1.58. The van der Waals surface area contributed by atoms with Gasteiger partial charge in [-0.05, 0) is 18.1 Å². The Bertz CT molecular complexity index is 445. The van der Waals surface area contributed by atoms with Crippen molar-refractivity contribution in [1.82, 2.24) is 10.2 Å². The minimum absolute atomic E-state index is 0.0846. The zero-order valence-electron chi connectivity index (χ0n) is 11.1. The third-order valence-electron chi connectivity index (χ3n) is 2.86. The van der Waals surface area contributed by atoms with Gasteiger partial charge in [0.05, 0.1) is 12.1 Å². The molecule has 1 N–H and O–H groups in total. The van der Waals surface area contributed by atoms with Crippen LogP contribution in [0.25, 0.3) is 0 Å². The average Bonchev–Trinajstić information content (AvgIpc) is 3.05. The lowest BCUT2D eigenvalue weighted by atomic mass is 10.2. The van der Waals surface area contributed by atoms with E-state index in [0.717, 1.165) is 0 Å². The van der Waals surface area contributed by atoms with Crippen LogP contribution in [0.15, 0.2) is 22.8 Å². The third kappa shape index (κ3) is 3.32. The van der Waals surface area contributed by atoms with Crippen LogP contribution in [0, 0.1) is 5.92 Å². The maximum atomic E-state index is 12.2. The Kier molecular flexibility index (Phi) is 4.52. The summed E-state index contributed by atoms with van der Waals surface area (Å²) in [5.74, 6) is 1.53. The highest BCUT2D eigenvalue weighted by Crippen LogP contribution is 2.23. The minimum Gasteiger partial charge on any atom is -0.459 e. The van der Waals surface area contributed by atoms with E-state index in [0.29, 0.717) is 24.1 Å². The average molecular weight is 282 g/mol. The van der Waals surface area contributed by atoms with Gasteiger partial charge in [-0.2, -0.15) is 0 Å². The van der Waals surface area contributed by atoms with Gasteiger partial charge in [-0.15, -0.1) is 11.8 Å². The van der Waals surface area contributed by atoms with Crippen LogP contribution >= 0.6 is 11.8 Å². The normalized spacial score (nSPS) is 18.9. The molecule has 2 rings (SSSR count). The number of nitrogens with one attached hydrogen (secondary N) is 1. The standard InChI is InChI=1S/C13H18N2O3S/c1-9(2)6-14-12(16)10-7-19-8-15(10)13(17)11-4-3-5-18-11/h3-5,9-10H,6-8H2,1-2H3,(H,14,16). The molecule has 1 aliphatic rings. The van der Waals surface area contributed by atoms with E-state index in [2.05, 4.69) is 5.32 Å². The number of carbonyl (C=O) groups excluding carboxylic acids is 2. The van der Waals surface area contributed by atoms with Crippen molar-refractivity contribution >= 4 is 23.6 Å². The van der Waals surface area contributed by atoms with E-state index >= 15 is 0 Å². The van der Waals surface area contributed by atoms with Gasteiger partial charge < -0.3 is 14.6 Å². The molecule has 0 bridgehead atoms. The summed E-state index contributed by atoms with van der Waals surface area (Å²) in [6.45, 7) is 4.70. The summed E-state index contributed by atoms with van der Waals surface area (Å²) in [5.41, 5.74) is 0. The van der Waals surface area contributed by atoms with Crippen molar-refractivity contribution in [2.75, 3.05) is 18.2 Å². The largest absolute Gasteiger partial charge is 0.459 e. The molecule has 1 atom stereocenters. The molecule has 1 aromatic heterocycles. The van der Waals surface area contributed by atoms with Crippen molar-refractivity contribution in [3.63, 3.8) is 0 Å². The Morgan fingerprint density at radius 1 is 1.58 bits per heavy atom. The number of hydrogen-bond donors (Lipinski definition) is 1. The lowest BCUT2D eigenvalue weighted by Crippen LogP contribution is -2.47. The van der Waals surface area contributed by atoms with Crippen LogP contribution in [-0.2, 0) is 4.79 Å². The molecule has 1 fully saturated rings. The van der Waals surface area contributed by atoms with E-state index in [4.69, 9.17) is 4.42 Å². The molecule has 1 unspecified atom stereocenters. The van der Waals surface area contributed by atoms with E-state index in [9.17, 15) is 9.59 Å². The lowest BCUT2D eigenvalue weighted by molar-refractivity contribution is -0.124. The first kappa shape index (κ1) is 14.0. The molecule has 0 spiro atoms. The van der Waals surface area contributed by atoms with E-state index in [-0.39, 0.29) is 17.6 Å². The molecule has 1 aliphatic heterocycles. The van der Waals surface area contributed by atoms with Crippen LogP contribution in [0.5, 0.6) is 0 Å². The molecule has 0 aromatic carbocycles. The van der Waals surface area contributed by atoms with Crippen molar-refractivity contribution in [2.24, 2.45) is 5.92 Å². The van der Waals surface area contributed by atoms with Gasteiger partial charge in [0, 0.05) is 12.3 Å². The second-order valence-corrected chi connectivity index (χ2v) is 5.91. The third-order valence-corrected chi connectivity index (χ3v) is 3.87. The molecule has 19 heavy (non-hydrogen) atoms. The molecule has 1 aromatic rings. The number of amides is 2. The number of furan rings is 1. The summed E-state index contributed by atoms with van der Waals surface area (Å²) < 4.78 is 5.10. The maximum Gasteiger partial charge on any atom is 0.290 e. The Morgan fingerprint density at radius 3 is 3.00 bits per heavy atom. The number of carbonyl (C=O) groups is 2. The van der Waals surface area contributed by atoms with Crippen LogP contribution in [0.4, 0.5) is 0 Å². The van der Waals surface area contributed by atoms with Crippen LogP contribution < -0.4 is 5.32 Å². The van der Waals surface area contributed by atoms with Gasteiger partial charge in [0.2, 0.25) is 5.91 Å². The first-order valence-electron chi connectivity index (χ1n) is 6.29. The van der Waals surface area contributed by atoms with Gasteiger partial charge in [-0.3, -0.25) is 9.59 Å². The molecule has 5 nitrogen and oxygen atoms in total. The van der Waals surface area contributed by atoms with Crippen LogP contribution in [0.2, 0.25) is 0 Å². The zero-order chi connectivity index (χ0) is 13.8. The molecule has 1 saturated heterocycles. The molecular formula is C13H18N2O3S. The van der Waals surface area contributed by atoms with Crippen molar-refractivity contribution in [1.29, 1.82) is 0 Å². The quantitative estimate of drug-likeness (QED) is 0.910. The van der Waals surface area contributed by atoms with E-state index < -0.39 is 6.04 Å². The van der Waals surface area contributed by atoms with Crippen molar-refractivity contribution in [3.05, 3.63) is 24.2 Å². The minimum atomic E-state index is -0.402. The zero-order valence-corrected chi connectivity index (χ0v) is 11.9. The van der Waals surface area contributed by atoms with E-state index in [1.165, 1.54) is 6.26 Å². The molecule has 104 valence electrons. The fraction of sp³-hybridized carbons (Fsp3) is 0.538. The summed E-state index contributed by atoms with van der Waals surface area (Å²) in [7, 11) is 0. The summed E-state index contributed by atoms with van der Waals surface area (Å²) in [6.07, 6.45) is 1.46. The number of rotatable bonds is 4. The highest BCUT2D eigenvalue weighted by atomic mass is 32.2. The fourth-order valence-electron chi connectivity index (χ4n) is 1.82. The monoisotopic (exact) mass is 282 g/mol. The van der Waals surface area contributed by atoms with E-state index in [1.54, 1.807) is 28.8 Å². The van der Waals surface area contributed by atoms with Crippen molar-refractivity contribution in [3.8, 4) is 0 Å². The Morgan fingerprint density at radius 2 is 2.37 bits per heavy atom. The second kappa shape index (κ2) is 6.14. The first-order valence-corrected chi connectivity index (χ1v) is 7.45. The lowest BCUT2D eigenvalue weighted by Gasteiger charge is -2.22. The maximum absolute atomic E-state index is 12.2. The van der Waals surface area contributed by atoms with Crippen molar-refractivity contribution in [2.45, 2.75) is 19.9 Å². The fourth-order valence-corrected chi connectivity index (χ4v) is 2.98. The molecule has 0 aliphatic carbocycles. The number of thioether (sulfide) groups is 1. The Labute approximate surface area is 116 Å².